The molecule has 2 aliphatic rings. The van der Waals surface area contributed by atoms with E-state index in [1.165, 1.54) is 48.3 Å². The van der Waals surface area contributed by atoms with E-state index in [1.807, 2.05) is 36.5 Å². The summed E-state index contributed by atoms with van der Waals surface area (Å²) in [6, 6.07) is 25.3. The van der Waals surface area contributed by atoms with Crippen LogP contribution in [0.1, 0.15) is 47.7 Å². The molecule has 1 radical (unpaired) electrons. The normalized spacial score (nSPS) is 14.1. The van der Waals surface area contributed by atoms with Gasteiger partial charge in [-0.05, 0) is 65.7 Å². The maximum Gasteiger partial charge on any atom is 0.354 e. The van der Waals surface area contributed by atoms with E-state index in [9.17, 15) is 4.79 Å². The third-order valence-corrected chi connectivity index (χ3v) is 7.00. The van der Waals surface area contributed by atoms with E-state index in [0.29, 0.717) is 5.92 Å². The van der Waals surface area contributed by atoms with E-state index in [4.69, 9.17) is 5.11 Å². The third kappa shape index (κ3) is 5.43. The predicted molar refractivity (Wildman–Crippen MR) is 143 cm³/mol. The molecule has 0 atom stereocenters. The molecule has 0 saturated heterocycles. The van der Waals surface area contributed by atoms with E-state index in [1.54, 1.807) is 12.3 Å². The van der Waals surface area contributed by atoms with Crippen LogP contribution in [0.5, 0.6) is 0 Å². The summed E-state index contributed by atoms with van der Waals surface area (Å²) in [4.78, 5) is 23.4. The SMILES string of the molecule is CN1c2ccccc2N(C)c2c(-c3ccccn3)[c-]ccc21.O=C(O)c1ccc(C2CCCC2)cn1.[Ir]. The first kappa shape index (κ1) is 26.5. The molecule has 1 N–H and O–H groups in total. The quantitative estimate of drug-likeness (QED) is 0.241. The molecule has 6 nitrogen and oxygen atoms in total. The van der Waals surface area contributed by atoms with E-state index in [0.717, 1.165) is 16.9 Å². The summed E-state index contributed by atoms with van der Waals surface area (Å²) in [5, 5.41) is 8.68. The van der Waals surface area contributed by atoms with Gasteiger partial charge in [0.05, 0.1) is 11.4 Å². The number of pyridine rings is 2. The standard InChI is InChI=1S/C19H16N3.C11H13NO2.Ir/c1-21-16-10-3-4-11-17(16)22(2)19-14(8-7-12-18(19)21)15-9-5-6-13-20-15;13-11(14)10-6-5-9(7-12-10)8-3-1-2-4-8;/h3-7,9-13H,1-2H3;5-8H,1-4H2,(H,13,14);/q-1;;. The number of carboxylic acid groups (broad SMARTS) is 1. The van der Waals surface area contributed by atoms with Crippen molar-refractivity contribution in [1.29, 1.82) is 0 Å². The number of anilines is 4. The first-order valence-corrected chi connectivity index (χ1v) is 12.3. The van der Waals surface area contributed by atoms with Gasteiger partial charge in [0.25, 0.3) is 0 Å². The molecule has 2 aromatic carbocycles. The maximum atomic E-state index is 10.6. The van der Waals surface area contributed by atoms with Crippen LogP contribution in [0.15, 0.2) is 79.1 Å². The molecular formula is C30H29IrN4O2-. The van der Waals surface area contributed by atoms with Crippen LogP contribution >= 0.6 is 0 Å². The molecule has 37 heavy (non-hydrogen) atoms. The van der Waals surface area contributed by atoms with Crippen LogP contribution in [0, 0.1) is 6.07 Å². The zero-order valence-corrected chi connectivity index (χ0v) is 23.3. The largest absolute Gasteiger partial charge is 0.477 e. The summed E-state index contributed by atoms with van der Waals surface area (Å²) in [5.41, 5.74) is 7.99. The Bertz CT molecular complexity index is 1360. The second kappa shape index (κ2) is 11.7. The van der Waals surface area contributed by atoms with Crippen molar-refractivity contribution in [3.05, 3.63) is 96.4 Å². The van der Waals surface area contributed by atoms with Gasteiger partial charge in [0.15, 0.2) is 0 Å². The average molecular weight is 670 g/mol. The van der Waals surface area contributed by atoms with Crippen molar-refractivity contribution < 1.29 is 30.0 Å². The second-order valence-corrected chi connectivity index (χ2v) is 9.17. The molecule has 1 fully saturated rings. The Kier molecular flexibility index (Phi) is 8.37. The molecule has 1 aliphatic carbocycles. The van der Waals surface area contributed by atoms with Gasteiger partial charge < -0.3 is 19.9 Å². The molecule has 0 spiro atoms. The van der Waals surface area contributed by atoms with Crippen LogP contribution in [0.2, 0.25) is 0 Å². The summed E-state index contributed by atoms with van der Waals surface area (Å²) >= 11 is 0. The Labute approximate surface area is 231 Å². The van der Waals surface area contributed by atoms with Crippen molar-refractivity contribution >= 4 is 28.7 Å². The first-order valence-electron chi connectivity index (χ1n) is 12.3. The predicted octanol–water partition coefficient (Wildman–Crippen LogP) is 6.83. The number of hydrogen-bond donors (Lipinski definition) is 1. The van der Waals surface area contributed by atoms with Gasteiger partial charge in [-0.1, -0.05) is 48.7 Å². The maximum absolute atomic E-state index is 10.6. The molecule has 7 heteroatoms. The molecular weight excluding hydrogens is 641 g/mol. The van der Waals surface area contributed by atoms with Gasteiger partial charge in [0, 0.05) is 46.6 Å². The minimum Gasteiger partial charge on any atom is -0.477 e. The number of nitrogens with zero attached hydrogens (tertiary/aromatic N) is 4. The number of carbonyl (C=O) groups is 1. The zero-order valence-electron chi connectivity index (χ0n) is 20.9. The fraction of sp³-hybridized carbons (Fsp3) is 0.233. The summed E-state index contributed by atoms with van der Waals surface area (Å²) in [7, 11) is 4.21. The van der Waals surface area contributed by atoms with Crippen molar-refractivity contribution in [3.8, 4) is 11.3 Å². The average Bonchev–Trinajstić information content (AvgIpc) is 3.47. The van der Waals surface area contributed by atoms with Crippen LogP contribution in [0.4, 0.5) is 22.7 Å². The molecule has 0 bridgehead atoms. The van der Waals surface area contributed by atoms with Crippen molar-refractivity contribution in [3.63, 3.8) is 0 Å². The number of rotatable bonds is 3. The Morgan fingerprint density at radius 3 is 2.22 bits per heavy atom. The Hall–Kier alpha value is -3.54. The minimum absolute atomic E-state index is 0. The number of benzene rings is 2. The molecule has 191 valence electrons. The van der Waals surface area contributed by atoms with Crippen molar-refractivity contribution in [2.75, 3.05) is 23.9 Å². The number of para-hydroxylation sites is 2. The fourth-order valence-electron chi connectivity index (χ4n) is 5.11. The van der Waals surface area contributed by atoms with Crippen LogP contribution in [-0.2, 0) is 20.1 Å². The summed E-state index contributed by atoms with van der Waals surface area (Å²) in [5.74, 6) is -0.353. The zero-order chi connectivity index (χ0) is 25.1. The number of hydrogen-bond acceptors (Lipinski definition) is 5. The topological polar surface area (TPSA) is 69.6 Å². The number of aromatic nitrogens is 2. The van der Waals surface area contributed by atoms with Gasteiger partial charge in [-0.2, -0.15) is 0 Å². The molecule has 1 saturated carbocycles. The summed E-state index contributed by atoms with van der Waals surface area (Å²) < 4.78 is 0. The Morgan fingerprint density at radius 1 is 0.892 bits per heavy atom. The molecule has 3 heterocycles. The van der Waals surface area contributed by atoms with Crippen LogP contribution < -0.4 is 9.80 Å². The summed E-state index contributed by atoms with van der Waals surface area (Å²) in [6.07, 6.45) is 8.53. The van der Waals surface area contributed by atoms with Gasteiger partial charge in [0.1, 0.15) is 5.69 Å². The summed E-state index contributed by atoms with van der Waals surface area (Å²) in [6.45, 7) is 0. The third-order valence-electron chi connectivity index (χ3n) is 7.00. The van der Waals surface area contributed by atoms with Gasteiger partial charge >= 0.3 is 5.97 Å². The number of carboxylic acids is 1. The van der Waals surface area contributed by atoms with Gasteiger partial charge in [0.2, 0.25) is 0 Å². The van der Waals surface area contributed by atoms with Crippen molar-refractivity contribution in [2.24, 2.45) is 0 Å². The molecule has 1 aliphatic heterocycles. The van der Waals surface area contributed by atoms with Crippen LogP contribution in [0.3, 0.4) is 0 Å². The van der Waals surface area contributed by atoms with E-state index in [-0.39, 0.29) is 25.8 Å². The fourth-order valence-corrected chi connectivity index (χ4v) is 5.11. The van der Waals surface area contributed by atoms with Gasteiger partial charge in [-0.15, -0.1) is 18.2 Å². The molecule has 0 amide bonds. The molecule has 4 aromatic rings. The van der Waals surface area contributed by atoms with Gasteiger partial charge in [-0.3, -0.25) is 0 Å². The molecule has 0 unspecified atom stereocenters. The van der Waals surface area contributed by atoms with Crippen molar-refractivity contribution in [1.82, 2.24) is 9.97 Å². The smallest absolute Gasteiger partial charge is 0.354 e. The van der Waals surface area contributed by atoms with Crippen LogP contribution in [0.25, 0.3) is 11.3 Å². The van der Waals surface area contributed by atoms with E-state index in [2.05, 4.69) is 70.3 Å². The van der Waals surface area contributed by atoms with Crippen molar-refractivity contribution in [2.45, 2.75) is 31.6 Å². The molecule has 2 aromatic heterocycles. The number of aromatic carboxylic acids is 1. The number of fused-ring (bicyclic) bond motifs is 2. The molecule has 6 rings (SSSR count). The Morgan fingerprint density at radius 2 is 1.59 bits per heavy atom. The van der Waals surface area contributed by atoms with Gasteiger partial charge in [-0.25, -0.2) is 9.78 Å². The van der Waals surface area contributed by atoms with E-state index >= 15 is 0 Å². The van der Waals surface area contributed by atoms with E-state index < -0.39 is 5.97 Å². The second-order valence-electron chi connectivity index (χ2n) is 9.17. The minimum atomic E-state index is -0.956. The Balaban J connectivity index is 0.000000186. The van der Waals surface area contributed by atoms with Crippen LogP contribution in [-0.4, -0.2) is 35.1 Å². The first-order chi connectivity index (χ1) is 17.5. The monoisotopic (exact) mass is 670 g/mol.